The normalized spacial score (nSPS) is 14.4. The summed E-state index contributed by atoms with van der Waals surface area (Å²) in [5, 5.41) is 9.92. The third-order valence-electron chi connectivity index (χ3n) is 4.46. The lowest BCUT2D eigenvalue weighted by molar-refractivity contribution is -0.166. The standard InChI is InChI=1S/C20H35NO4/c1-6-9-10-11-14-20(15-21,19(23)25-8-3)17(13-12-16(4)5)18(22)24-7-2/h16-17H,6-14H2,1-5H3. The molecule has 0 spiro atoms. The Kier molecular flexibility index (Phi) is 11.9. The second kappa shape index (κ2) is 12.7. The molecule has 2 atom stereocenters. The van der Waals surface area contributed by atoms with Crippen LogP contribution in [0.3, 0.4) is 0 Å². The Labute approximate surface area is 153 Å². The lowest BCUT2D eigenvalue weighted by Gasteiger charge is -2.32. The lowest BCUT2D eigenvalue weighted by Crippen LogP contribution is -2.44. The molecular weight excluding hydrogens is 318 g/mol. The van der Waals surface area contributed by atoms with Crippen molar-refractivity contribution in [2.45, 2.75) is 79.6 Å². The average Bonchev–Trinajstić information content (AvgIpc) is 2.57. The molecule has 0 aliphatic heterocycles. The molecule has 5 heteroatoms. The van der Waals surface area contributed by atoms with Crippen molar-refractivity contribution in [3.8, 4) is 6.07 Å². The Balaban J connectivity index is 5.64. The number of hydrogen-bond donors (Lipinski definition) is 0. The number of nitrogens with zero attached hydrogens (tertiary/aromatic N) is 1. The molecule has 144 valence electrons. The second-order valence-corrected chi connectivity index (χ2v) is 6.89. The van der Waals surface area contributed by atoms with Crippen molar-refractivity contribution >= 4 is 11.9 Å². The minimum atomic E-state index is -1.45. The molecule has 0 bridgehead atoms. The SMILES string of the molecule is CCCCCCC(C#N)(C(=O)OCC)C(CCC(C)C)C(=O)OCC. The van der Waals surface area contributed by atoms with Crippen molar-refractivity contribution in [2.75, 3.05) is 13.2 Å². The van der Waals surface area contributed by atoms with Crippen LogP contribution < -0.4 is 0 Å². The lowest BCUT2D eigenvalue weighted by atomic mass is 9.70. The number of nitriles is 1. The third-order valence-corrected chi connectivity index (χ3v) is 4.46. The molecule has 25 heavy (non-hydrogen) atoms. The van der Waals surface area contributed by atoms with Gasteiger partial charge in [0.15, 0.2) is 5.41 Å². The Morgan fingerprint density at radius 2 is 1.64 bits per heavy atom. The number of esters is 2. The molecule has 2 unspecified atom stereocenters. The first kappa shape index (κ1) is 23.4. The van der Waals surface area contributed by atoms with Crippen LogP contribution in [-0.2, 0) is 19.1 Å². The minimum absolute atomic E-state index is 0.191. The molecule has 0 radical (unpaired) electrons. The average molecular weight is 354 g/mol. The van der Waals surface area contributed by atoms with Crippen LogP contribution in [0.2, 0.25) is 0 Å². The van der Waals surface area contributed by atoms with Crippen LogP contribution in [-0.4, -0.2) is 25.2 Å². The predicted octanol–water partition coefficient (Wildman–Crippen LogP) is 4.65. The Morgan fingerprint density at radius 3 is 2.12 bits per heavy atom. The zero-order valence-corrected chi connectivity index (χ0v) is 16.6. The Hall–Kier alpha value is -1.57. The molecule has 0 amide bonds. The van der Waals surface area contributed by atoms with Gasteiger partial charge in [0.1, 0.15) is 0 Å². The summed E-state index contributed by atoms with van der Waals surface area (Å²) in [6.07, 6.45) is 5.30. The van der Waals surface area contributed by atoms with Gasteiger partial charge in [0, 0.05) is 0 Å². The molecule has 0 aromatic rings. The molecule has 0 aromatic heterocycles. The van der Waals surface area contributed by atoms with Gasteiger partial charge in [-0.25, -0.2) is 0 Å². The number of hydrogen-bond acceptors (Lipinski definition) is 5. The molecule has 5 nitrogen and oxygen atoms in total. The van der Waals surface area contributed by atoms with E-state index in [9.17, 15) is 14.9 Å². The largest absolute Gasteiger partial charge is 0.466 e. The van der Waals surface area contributed by atoms with Crippen LogP contribution in [0.25, 0.3) is 0 Å². The van der Waals surface area contributed by atoms with Gasteiger partial charge in [-0.15, -0.1) is 0 Å². The first-order valence-electron chi connectivity index (χ1n) is 9.64. The molecular formula is C20H35NO4. The molecule has 0 aromatic carbocycles. The van der Waals surface area contributed by atoms with Gasteiger partial charge in [0.05, 0.1) is 25.2 Å². The van der Waals surface area contributed by atoms with E-state index in [4.69, 9.17) is 9.47 Å². The molecule has 0 fully saturated rings. The van der Waals surface area contributed by atoms with Gasteiger partial charge < -0.3 is 9.47 Å². The van der Waals surface area contributed by atoms with E-state index in [1.54, 1.807) is 13.8 Å². The van der Waals surface area contributed by atoms with Gasteiger partial charge in [-0.05, 0) is 32.6 Å². The molecule has 0 heterocycles. The third kappa shape index (κ3) is 7.46. The van der Waals surface area contributed by atoms with E-state index in [-0.39, 0.29) is 13.2 Å². The maximum atomic E-state index is 12.7. The summed E-state index contributed by atoms with van der Waals surface area (Å²) in [6.45, 7) is 10.1. The van der Waals surface area contributed by atoms with Crippen LogP contribution in [0, 0.1) is 28.6 Å². The highest BCUT2D eigenvalue weighted by atomic mass is 16.5. The van der Waals surface area contributed by atoms with E-state index in [2.05, 4.69) is 26.8 Å². The van der Waals surface area contributed by atoms with Crippen molar-refractivity contribution < 1.29 is 19.1 Å². The smallest absolute Gasteiger partial charge is 0.327 e. The first-order valence-corrected chi connectivity index (χ1v) is 9.64. The van der Waals surface area contributed by atoms with Crippen LogP contribution in [0.1, 0.15) is 79.6 Å². The number of unbranched alkanes of at least 4 members (excludes halogenated alkanes) is 3. The maximum absolute atomic E-state index is 12.7. The Bertz CT molecular complexity index is 441. The van der Waals surface area contributed by atoms with E-state index in [1.807, 2.05) is 0 Å². The summed E-state index contributed by atoms with van der Waals surface area (Å²) in [7, 11) is 0. The summed E-state index contributed by atoms with van der Waals surface area (Å²) >= 11 is 0. The van der Waals surface area contributed by atoms with Crippen LogP contribution in [0.4, 0.5) is 0 Å². The predicted molar refractivity (Wildman–Crippen MR) is 97.6 cm³/mol. The van der Waals surface area contributed by atoms with Crippen molar-refractivity contribution in [1.29, 1.82) is 5.26 Å². The van der Waals surface area contributed by atoms with Crippen LogP contribution in [0.15, 0.2) is 0 Å². The van der Waals surface area contributed by atoms with E-state index < -0.39 is 23.3 Å². The van der Waals surface area contributed by atoms with E-state index in [1.165, 1.54) is 0 Å². The van der Waals surface area contributed by atoms with Crippen molar-refractivity contribution in [2.24, 2.45) is 17.3 Å². The highest BCUT2D eigenvalue weighted by molar-refractivity contribution is 5.88. The molecule has 0 aliphatic rings. The number of rotatable bonds is 13. The van der Waals surface area contributed by atoms with Gasteiger partial charge in [-0.2, -0.15) is 5.26 Å². The molecule has 0 saturated heterocycles. The van der Waals surface area contributed by atoms with Crippen LogP contribution in [0.5, 0.6) is 0 Å². The highest BCUT2D eigenvalue weighted by Crippen LogP contribution is 2.39. The zero-order chi connectivity index (χ0) is 19.3. The second-order valence-electron chi connectivity index (χ2n) is 6.89. The van der Waals surface area contributed by atoms with Gasteiger partial charge in [-0.3, -0.25) is 9.59 Å². The quantitative estimate of drug-likeness (QED) is 0.356. The fraction of sp³-hybridized carbons (Fsp3) is 0.850. The van der Waals surface area contributed by atoms with Gasteiger partial charge >= 0.3 is 11.9 Å². The summed E-state index contributed by atoms with van der Waals surface area (Å²) in [6, 6.07) is 2.16. The molecule has 0 rings (SSSR count). The fourth-order valence-corrected chi connectivity index (χ4v) is 3.00. The van der Waals surface area contributed by atoms with E-state index >= 15 is 0 Å². The molecule has 0 aliphatic carbocycles. The first-order chi connectivity index (χ1) is 11.9. The highest BCUT2D eigenvalue weighted by Gasteiger charge is 2.51. The van der Waals surface area contributed by atoms with Gasteiger partial charge in [-0.1, -0.05) is 52.9 Å². The summed E-state index contributed by atoms with van der Waals surface area (Å²) in [5.74, 6) is -1.46. The number of carbonyl (C=O) groups is 2. The maximum Gasteiger partial charge on any atom is 0.327 e. The van der Waals surface area contributed by atoms with Crippen molar-refractivity contribution in [3.63, 3.8) is 0 Å². The number of ether oxygens (including phenoxy) is 2. The number of carbonyl (C=O) groups excluding carboxylic acids is 2. The summed E-state index contributed by atoms with van der Waals surface area (Å²) in [4.78, 5) is 25.3. The van der Waals surface area contributed by atoms with Crippen molar-refractivity contribution in [3.05, 3.63) is 0 Å². The van der Waals surface area contributed by atoms with E-state index in [0.29, 0.717) is 18.8 Å². The minimum Gasteiger partial charge on any atom is -0.466 e. The topological polar surface area (TPSA) is 76.4 Å². The summed E-state index contributed by atoms with van der Waals surface area (Å²) < 4.78 is 10.4. The molecule has 0 N–H and O–H groups in total. The Morgan fingerprint density at radius 1 is 1.00 bits per heavy atom. The summed E-state index contributed by atoms with van der Waals surface area (Å²) in [5.41, 5.74) is -1.45. The monoisotopic (exact) mass is 353 g/mol. The molecule has 0 saturated carbocycles. The zero-order valence-electron chi connectivity index (χ0n) is 16.6. The fourth-order valence-electron chi connectivity index (χ4n) is 3.00. The van der Waals surface area contributed by atoms with Gasteiger partial charge in [0.25, 0.3) is 0 Å². The van der Waals surface area contributed by atoms with Gasteiger partial charge in [0.2, 0.25) is 0 Å². The van der Waals surface area contributed by atoms with Crippen molar-refractivity contribution in [1.82, 2.24) is 0 Å². The van der Waals surface area contributed by atoms with E-state index in [0.717, 1.165) is 32.1 Å². The van der Waals surface area contributed by atoms with Crippen LogP contribution >= 0.6 is 0 Å².